The van der Waals surface area contributed by atoms with Crippen LogP contribution in [0.15, 0.2) is 28.8 Å². The van der Waals surface area contributed by atoms with Gasteiger partial charge in [0.15, 0.2) is 0 Å². The molecule has 0 N–H and O–H groups in total. The number of hydrogen-bond acceptors (Lipinski definition) is 6. The van der Waals surface area contributed by atoms with E-state index in [0.717, 1.165) is 37.2 Å². The lowest BCUT2D eigenvalue weighted by Crippen LogP contribution is -2.36. The van der Waals surface area contributed by atoms with E-state index in [-0.39, 0.29) is 30.0 Å². The summed E-state index contributed by atoms with van der Waals surface area (Å²) in [6.45, 7) is 6.76. The monoisotopic (exact) mass is 481 g/mol. The van der Waals surface area contributed by atoms with Crippen molar-refractivity contribution in [3.63, 3.8) is 0 Å². The summed E-state index contributed by atoms with van der Waals surface area (Å²) in [6.07, 6.45) is 10.5. The van der Waals surface area contributed by atoms with Crippen LogP contribution in [0.25, 0.3) is 0 Å². The Kier molecular flexibility index (Phi) is 8.24. The van der Waals surface area contributed by atoms with Gasteiger partial charge in [-0.2, -0.15) is 4.98 Å². The first-order valence-electron chi connectivity index (χ1n) is 13.2. The van der Waals surface area contributed by atoms with Crippen LogP contribution in [0.4, 0.5) is 0 Å². The smallest absolute Gasteiger partial charge is 0.307 e. The molecule has 0 radical (unpaired) electrons. The summed E-state index contributed by atoms with van der Waals surface area (Å²) in [4.78, 5) is 32.0. The van der Waals surface area contributed by atoms with Gasteiger partial charge in [0.25, 0.3) is 11.7 Å². The molecule has 1 saturated carbocycles. The first-order chi connectivity index (χ1) is 16.8. The average Bonchev–Trinajstić information content (AvgIpc) is 3.32. The highest BCUT2D eigenvalue weighted by atomic mass is 16.6. The van der Waals surface area contributed by atoms with Crippen molar-refractivity contribution in [1.82, 2.24) is 15.0 Å². The number of esters is 1. The summed E-state index contributed by atoms with van der Waals surface area (Å²) in [5.74, 6) is 0.449. The second-order valence-corrected chi connectivity index (χ2v) is 11.1. The van der Waals surface area contributed by atoms with Crippen molar-refractivity contribution in [3.8, 4) is 0 Å². The summed E-state index contributed by atoms with van der Waals surface area (Å²) in [7, 11) is 0. The Hall–Kier alpha value is -2.70. The lowest BCUT2D eigenvalue weighted by Gasteiger charge is -2.27. The van der Waals surface area contributed by atoms with E-state index in [4.69, 9.17) is 9.26 Å². The van der Waals surface area contributed by atoms with E-state index in [2.05, 4.69) is 22.3 Å². The minimum absolute atomic E-state index is 0.0702. The molecule has 1 aliphatic heterocycles. The maximum absolute atomic E-state index is 13.1. The van der Waals surface area contributed by atoms with Gasteiger partial charge < -0.3 is 14.2 Å². The quantitative estimate of drug-likeness (QED) is 0.441. The van der Waals surface area contributed by atoms with E-state index < -0.39 is 5.60 Å². The van der Waals surface area contributed by atoms with Gasteiger partial charge in [-0.05, 0) is 50.7 Å². The zero-order valence-corrected chi connectivity index (χ0v) is 21.4. The third kappa shape index (κ3) is 7.15. The molecule has 0 saturated heterocycles. The van der Waals surface area contributed by atoms with Crippen LogP contribution in [-0.4, -0.2) is 39.1 Å². The van der Waals surface area contributed by atoms with Crippen LogP contribution >= 0.6 is 0 Å². The van der Waals surface area contributed by atoms with Crippen molar-refractivity contribution in [2.45, 2.75) is 103 Å². The number of hydrogen-bond donors (Lipinski definition) is 0. The highest BCUT2D eigenvalue weighted by Gasteiger charge is 2.30. The second kappa shape index (κ2) is 11.4. The topological polar surface area (TPSA) is 85.5 Å². The molecule has 35 heavy (non-hydrogen) atoms. The van der Waals surface area contributed by atoms with E-state index in [1.807, 2.05) is 32.9 Å². The van der Waals surface area contributed by atoms with Gasteiger partial charge in [0.05, 0.1) is 6.42 Å². The van der Waals surface area contributed by atoms with E-state index in [1.54, 1.807) is 4.90 Å². The molecule has 2 aromatic rings. The fourth-order valence-electron chi connectivity index (χ4n) is 5.32. The largest absolute Gasteiger partial charge is 0.460 e. The van der Waals surface area contributed by atoms with Crippen molar-refractivity contribution >= 4 is 11.9 Å². The molecule has 1 fully saturated rings. The van der Waals surface area contributed by atoms with Crippen molar-refractivity contribution in [2.24, 2.45) is 5.92 Å². The Labute approximate surface area is 208 Å². The molecular weight excluding hydrogens is 442 g/mol. The molecule has 7 heteroatoms. The number of carbonyl (C=O) groups is 2. The summed E-state index contributed by atoms with van der Waals surface area (Å²) >= 11 is 0. The van der Waals surface area contributed by atoms with Gasteiger partial charge in [0, 0.05) is 19.0 Å². The summed E-state index contributed by atoms with van der Waals surface area (Å²) < 4.78 is 11.1. The van der Waals surface area contributed by atoms with Gasteiger partial charge >= 0.3 is 5.97 Å². The lowest BCUT2D eigenvalue weighted by atomic mass is 9.84. The van der Waals surface area contributed by atoms with Crippen LogP contribution in [0.2, 0.25) is 0 Å². The normalized spacial score (nSPS) is 17.6. The van der Waals surface area contributed by atoms with Crippen LogP contribution < -0.4 is 0 Å². The van der Waals surface area contributed by atoms with E-state index >= 15 is 0 Å². The fraction of sp³-hybridized carbons (Fsp3) is 0.643. The zero-order chi connectivity index (χ0) is 24.8. The van der Waals surface area contributed by atoms with Crippen molar-refractivity contribution < 1.29 is 18.8 Å². The van der Waals surface area contributed by atoms with Crippen LogP contribution in [0, 0.1) is 5.92 Å². The Morgan fingerprint density at radius 3 is 2.63 bits per heavy atom. The highest BCUT2D eigenvalue weighted by Crippen LogP contribution is 2.32. The molecule has 4 rings (SSSR count). The van der Waals surface area contributed by atoms with E-state index in [0.29, 0.717) is 19.0 Å². The third-order valence-electron chi connectivity index (χ3n) is 7.12. The van der Waals surface area contributed by atoms with E-state index in [1.165, 1.54) is 37.7 Å². The summed E-state index contributed by atoms with van der Waals surface area (Å²) in [5, 5.41) is 4.02. The number of amides is 1. The molecule has 7 nitrogen and oxygen atoms in total. The second-order valence-electron chi connectivity index (χ2n) is 11.1. The molecule has 190 valence electrons. The average molecular weight is 482 g/mol. The first-order valence-corrected chi connectivity index (χ1v) is 13.2. The Morgan fingerprint density at radius 2 is 1.89 bits per heavy atom. The number of ether oxygens (including phenoxy) is 1. The van der Waals surface area contributed by atoms with Crippen molar-refractivity contribution in [2.75, 3.05) is 6.54 Å². The maximum Gasteiger partial charge on any atom is 0.307 e. The van der Waals surface area contributed by atoms with Crippen LogP contribution in [-0.2, 0) is 22.5 Å². The number of aromatic nitrogens is 2. The number of benzene rings is 1. The standard InChI is InChI=1S/C28H39N3O4/c1-28(2,3)34-24(32)18-22(15-9-12-20-10-5-4-6-11-20)26-29-25(30-35-26)27(33)31-17-16-21-13-7-8-14-23(21)19-31/h7-8,13-14,20,22H,4-6,9-12,15-19H2,1-3H3/t22-/m1/s1. The van der Waals surface area contributed by atoms with Crippen molar-refractivity contribution in [1.29, 1.82) is 0 Å². The Balaban J connectivity index is 1.42. The molecule has 1 aromatic carbocycles. The SMILES string of the molecule is CC(C)(C)OC(=O)C[C@@H](CCCC1CCCCC1)c1nc(C(=O)N2CCc3ccccc3C2)no1. The Morgan fingerprint density at radius 1 is 1.14 bits per heavy atom. The predicted molar refractivity (Wildman–Crippen MR) is 133 cm³/mol. The maximum atomic E-state index is 13.1. The molecule has 2 aliphatic rings. The fourth-order valence-corrected chi connectivity index (χ4v) is 5.32. The van der Waals surface area contributed by atoms with Gasteiger partial charge in [-0.3, -0.25) is 9.59 Å². The molecule has 2 heterocycles. The molecular formula is C28H39N3O4. The molecule has 0 spiro atoms. The molecule has 1 aliphatic carbocycles. The zero-order valence-electron chi connectivity index (χ0n) is 21.4. The summed E-state index contributed by atoms with van der Waals surface area (Å²) in [5.41, 5.74) is 1.88. The van der Waals surface area contributed by atoms with Crippen LogP contribution in [0.3, 0.4) is 0 Å². The number of fused-ring (bicyclic) bond motifs is 1. The van der Waals surface area contributed by atoms with Gasteiger partial charge in [-0.15, -0.1) is 0 Å². The van der Waals surface area contributed by atoms with Crippen LogP contribution in [0.1, 0.15) is 112 Å². The summed E-state index contributed by atoms with van der Waals surface area (Å²) in [6, 6.07) is 8.19. The minimum Gasteiger partial charge on any atom is -0.460 e. The van der Waals surface area contributed by atoms with Gasteiger partial charge in [0.1, 0.15) is 5.60 Å². The highest BCUT2D eigenvalue weighted by molar-refractivity contribution is 5.90. The third-order valence-corrected chi connectivity index (χ3v) is 7.12. The van der Waals surface area contributed by atoms with E-state index in [9.17, 15) is 9.59 Å². The van der Waals surface area contributed by atoms with Gasteiger partial charge in [-0.25, -0.2) is 0 Å². The predicted octanol–water partition coefficient (Wildman–Crippen LogP) is 5.83. The first kappa shape index (κ1) is 25.4. The number of carbonyl (C=O) groups excluding carboxylic acids is 2. The molecule has 1 amide bonds. The number of nitrogens with zero attached hydrogens (tertiary/aromatic N) is 3. The lowest BCUT2D eigenvalue weighted by molar-refractivity contribution is -0.155. The molecule has 1 aromatic heterocycles. The number of rotatable bonds is 8. The Bertz CT molecular complexity index is 1000. The molecule has 1 atom stereocenters. The molecule has 0 bridgehead atoms. The molecule has 0 unspecified atom stereocenters. The van der Waals surface area contributed by atoms with Gasteiger partial charge in [0.2, 0.25) is 5.89 Å². The van der Waals surface area contributed by atoms with Crippen molar-refractivity contribution in [3.05, 3.63) is 47.1 Å². The minimum atomic E-state index is -0.551. The van der Waals surface area contributed by atoms with Crippen LogP contribution in [0.5, 0.6) is 0 Å². The van der Waals surface area contributed by atoms with Gasteiger partial charge in [-0.1, -0.05) is 74.4 Å².